The molecule has 1 spiro atoms. The van der Waals surface area contributed by atoms with Crippen molar-refractivity contribution in [3.63, 3.8) is 0 Å². The van der Waals surface area contributed by atoms with Gasteiger partial charge in [-0.25, -0.2) is 4.68 Å². The molecule has 12 nitrogen and oxygen atoms in total. The van der Waals surface area contributed by atoms with Crippen LogP contribution in [0.3, 0.4) is 0 Å². The summed E-state index contributed by atoms with van der Waals surface area (Å²) >= 11 is 0. The summed E-state index contributed by atoms with van der Waals surface area (Å²) in [5, 5.41) is 33.6. The topological polar surface area (TPSA) is 167 Å². The minimum atomic E-state index is -0.862. The zero-order valence-corrected chi connectivity index (χ0v) is 19.4. The van der Waals surface area contributed by atoms with Crippen LogP contribution in [0, 0.1) is 5.41 Å². The van der Waals surface area contributed by atoms with Crippen LogP contribution in [0.25, 0.3) is 5.69 Å². The highest BCUT2D eigenvalue weighted by Gasteiger charge is 2.68. The van der Waals surface area contributed by atoms with Gasteiger partial charge in [-0.1, -0.05) is 11.6 Å². The first-order chi connectivity index (χ1) is 17.3. The highest BCUT2D eigenvalue weighted by Crippen LogP contribution is 2.61. The average molecular weight is 495 g/mol. The lowest BCUT2D eigenvalue weighted by Crippen LogP contribution is -2.78. The SMILES string of the molecule is O=C1CCC(N2Cc3cc(-n4cc(C(=O)N[C@@]5(CO)C[C@@H](O)C56CCC6)nn4)ccc3C2=O)C(=O)N1. The van der Waals surface area contributed by atoms with E-state index in [-0.39, 0.29) is 43.5 Å². The van der Waals surface area contributed by atoms with E-state index in [1.165, 1.54) is 15.8 Å². The van der Waals surface area contributed by atoms with Crippen LogP contribution in [0.15, 0.2) is 24.4 Å². The number of benzene rings is 1. The molecule has 0 bridgehead atoms. The molecule has 2 saturated carbocycles. The summed E-state index contributed by atoms with van der Waals surface area (Å²) < 4.78 is 1.43. The monoisotopic (exact) mass is 494 g/mol. The number of carbonyl (C=O) groups excluding carboxylic acids is 4. The van der Waals surface area contributed by atoms with E-state index < -0.39 is 34.9 Å². The fraction of sp³-hybridized carbons (Fsp3) is 0.500. The van der Waals surface area contributed by atoms with Crippen molar-refractivity contribution < 1.29 is 29.4 Å². The molecule has 3 fully saturated rings. The molecule has 1 saturated heterocycles. The maximum atomic E-state index is 13.0. The minimum Gasteiger partial charge on any atom is -0.394 e. The van der Waals surface area contributed by atoms with Crippen LogP contribution in [0.5, 0.6) is 0 Å². The van der Waals surface area contributed by atoms with Crippen LogP contribution in [0.1, 0.15) is 64.9 Å². The number of hydrogen-bond donors (Lipinski definition) is 4. The van der Waals surface area contributed by atoms with Gasteiger partial charge in [0.1, 0.15) is 6.04 Å². The van der Waals surface area contributed by atoms with E-state index in [0.29, 0.717) is 23.2 Å². The number of aromatic nitrogens is 3. The second-order valence-corrected chi connectivity index (χ2v) is 10.2. The molecule has 1 aromatic heterocycles. The number of nitrogens with one attached hydrogen (secondary N) is 2. The van der Waals surface area contributed by atoms with Gasteiger partial charge >= 0.3 is 0 Å². The van der Waals surface area contributed by atoms with Gasteiger partial charge in [-0.3, -0.25) is 24.5 Å². The molecule has 36 heavy (non-hydrogen) atoms. The highest BCUT2D eigenvalue weighted by atomic mass is 16.3. The molecule has 0 radical (unpaired) electrons. The molecule has 1 unspecified atom stereocenters. The lowest BCUT2D eigenvalue weighted by molar-refractivity contribution is -0.206. The van der Waals surface area contributed by atoms with Crippen molar-refractivity contribution in [3.8, 4) is 5.69 Å². The average Bonchev–Trinajstić information content (AvgIpc) is 3.42. The number of aliphatic hydroxyl groups excluding tert-OH is 2. The van der Waals surface area contributed by atoms with Crippen molar-refractivity contribution in [2.45, 2.75) is 62.8 Å². The van der Waals surface area contributed by atoms with Crippen molar-refractivity contribution in [1.29, 1.82) is 0 Å². The second kappa shape index (κ2) is 7.93. The third kappa shape index (κ3) is 3.14. The molecule has 2 aromatic rings. The Kier molecular flexibility index (Phi) is 5.02. The van der Waals surface area contributed by atoms with Crippen molar-refractivity contribution in [3.05, 3.63) is 41.2 Å². The van der Waals surface area contributed by atoms with Crippen LogP contribution >= 0.6 is 0 Å². The third-order valence-electron chi connectivity index (χ3n) is 8.50. The summed E-state index contributed by atoms with van der Waals surface area (Å²) in [6.45, 7) is -0.0355. The van der Waals surface area contributed by atoms with Gasteiger partial charge in [0.05, 0.1) is 30.1 Å². The van der Waals surface area contributed by atoms with Crippen LogP contribution in [0.4, 0.5) is 0 Å². The van der Waals surface area contributed by atoms with Gasteiger partial charge < -0.3 is 20.4 Å². The largest absolute Gasteiger partial charge is 0.394 e. The van der Waals surface area contributed by atoms with Crippen LogP contribution < -0.4 is 10.6 Å². The molecule has 4 aliphatic rings. The molecule has 4 N–H and O–H groups in total. The molecule has 2 aliphatic heterocycles. The number of imide groups is 1. The second-order valence-electron chi connectivity index (χ2n) is 10.2. The minimum absolute atomic E-state index is 0.0698. The standard InChI is InChI=1S/C24H26N6O6/c31-12-24(9-18(32)23(24)6-1-7-23)26-20(34)16-11-30(28-27-16)14-2-3-15-13(8-14)10-29(22(15)36)17-4-5-19(33)25-21(17)35/h2-3,8,11,17-18,31-32H,1,4-7,9-10,12H2,(H,26,34)(H,25,33,35)/t17?,18-,24-/m1/s1. The zero-order valence-electron chi connectivity index (χ0n) is 19.4. The van der Waals surface area contributed by atoms with E-state index in [9.17, 15) is 29.4 Å². The van der Waals surface area contributed by atoms with E-state index in [1.54, 1.807) is 18.2 Å². The van der Waals surface area contributed by atoms with Gasteiger partial charge in [0, 0.05) is 23.9 Å². The lowest BCUT2D eigenvalue weighted by Gasteiger charge is -2.66. The van der Waals surface area contributed by atoms with Gasteiger partial charge in [0.25, 0.3) is 11.8 Å². The maximum absolute atomic E-state index is 13.0. The van der Waals surface area contributed by atoms with E-state index in [0.717, 1.165) is 19.3 Å². The fourth-order valence-corrected chi connectivity index (χ4v) is 6.20. The number of piperidine rings is 1. The summed E-state index contributed by atoms with van der Waals surface area (Å²) in [6.07, 6.45) is 4.16. The number of nitrogens with zero attached hydrogens (tertiary/aromatic N) is 4. The van der Waals surface area contributed by atoms with Crippen molar-refractivity contribution in [2.24, 2.45) is 5.41 Å². The van der Waals surface area contributed by atoms with Crippen LogP contribution in [0.2, 0.25) is 0 Å². The summed E-state index contributed by atoms with van der Waals surface area (Å²) in [5.74, 6) is -1.56. The smallest absolute Gasteiger partial charge is 0.274 e. The van der Waals surface area contributed by atoms with E-state index in [1.807, 2.05) is 0 Å². The number of fused-ring (bicyclic) bond motifs is 1. The fourth-order valence-electron chi connectivity index (χ4n) is 6.20. The van der Waals surface area contributed by atoms with Gasteiger partial charge in [0.15, 0.2) is 5.69 Å². The number of aliphatic hydroxyl groups is 2. The molecule has 6 rings (SSSR count). The van der Waals surface area contributed by atoms with Gasteiger partial charge in [-0.2, -0.15) is 0 Å². The van der Waals surface area contributed by atoms with Crippen LogP contribution in [-0.2, 0) is 16.1 Å². The zero-order chi connectivity index (χ0) is 25.2. The highest BCUT2D eigenvalue weighted by molar-refractivity contribution is 6.05. The van der Waals surface area contributed by atoms with E-state index >= 15 is 0 Å². The molecular formula is C24H26N6O6. The number of rotatable bonds is 5. The van der Waals surface area contributed by atoms with Crippen LogP contribution in [-0.4, -0.2) is 78.0 Å². The maximum Gasteiger partial charge on any atom is 0.274 e. The first-order valence-electron chi connectivity index (χ1n) is 12.1. The Balaban J connectivity index is 1.19. The molecule has 12 heteroatoms. The normalized spacial score (nSPS) is 28.4. The van der Waals surface area contributed by atoms with Gasteiger partial charge in [-0.05, 0) is 49.4 Å². The number of hydrogen-bond acceptors (Lipinski definition) is 8. The molecule has 188 valence electrons. The van der Waals surface area contributed by atoms with Gasteiger partial charge in [0.2, 0.25) is 11.8 Å². The van der Waals surface area contributed by atoms with Crippen molar-refractivity contribution in [2.75, 3.05) is 6.61 Å². The van der Waals surface area contributed by atoms with Gasteiger partial charge in [-0.15, -0.1) is 5.10 Å². The summed E-state index contributed by atoms with van der Waals surface area (Å²) in [4.78, 5) is 51.0. The molecular weight excluding hydrogens is 468 g/mol. The lowest BCUT2D eigenvalue weighted by atomic mass is 9.44. The Morgan fingerprint density at radius 2 is 2.06 bits per heavy atom. The third-order valence-corrected chi connectivity index (χ3v) is 8.50. The number of amides is 4. The predicted molar refractivity (Wildman–Crippen MR) is 122 cm³/mol. The number of carbonyl (C=O) groups is 4. The Hall–Kier alpha value is -3.64. The van der Waals surface area contributed by atoms with Crippen molar-refractivity contribution in [1.82, 2.24) is 30.5 Å². The molecule has 3 heterocycles. The first kappa shape index (κ1) is 22.8. The molecule has 1 aromatic carbocycles. The summed E-state index contributed by atoms with van der Waals surface area (Å²) in [6, 6.07) is 4.39. The predicted octanol–water partition coefficient (Wildman–Crippen LogP) is -0.576. The quantitative estimate of drug-likeness (QED) is 0.401. The Labute approximate surface area is 205 Å². The summed E-state index contributed by atoms with van der Waals surface area (Å²) in [5.41, 5.74) is 0.497. The van der Waals surface area contributed by atoms with Crippen molar-refractivity contribution >= 4 is 23.6 Å². The first-order valence-corrected chi connectivity index (χ1v) is 12.1. The summed E-state index contributed by atoms with van der Waals surface area (Å²) in [7, 11) is 0. The molecule has 4 amide bonds. The Morgan fingerprint density at radius 3 is 2.72 bits per heavy atom. The Morgan fingerprint density at radius 1 is 1.25 bits per heavy atom. The molecule has 2 aliphatic carbocycles. The Bertz CT molecular complexity index is 1300. The van der Waals surface area contributed by atoms with E-state index in [2.05, 4.69) is 20.9 Å². The van der Waals surface area contributed by atoms with E-state index in [4.69, 9.17) is 0 Å². The molecule has 3 atom stereocenters.